The van der Waals surface area contributed by atoms with Crippen LogP contribution in [0.3, 0.4) is 0 Å². The first-order valence-corrected chi connectivity index (χ1v) is 9.70. The molecule has 0 spiro atoms. The molecule has 0 aliphatic rings. The lowest BCUT2D eigenvalue weighted by molar-refractivity contribution is 0.0953. The summed E-state index contributed by atoms with van der Waals surface area (Å²) in [5, 5.41) is 5.73. The first-order valence-electron chi connectivity index (χ1n) is 9.70. The van der Waals surface area contributed by atoms with Crippen LogP contribution in [0.2, 0.25) is 0 Å². The lowest BCUT2D eigenvalue weighted by Crippen LogP contribution is -2.25. The molecular formula is C24H25N3O2. The maximum atomic E-state index is 12.5. The fourth-order valence-corrected chi connectivity index (χ4v) is 2.95. The summed E-state index contributed by atoms with van der Waals surface area (Å²) in [7, 11) is 0. The Morgan fingerprint density at radius 3 is 2.45 bits per heavy atom. The third-order valence-electron chi connectivity index (χ3n) is 4.79. The minimum absolute atomic E-state index is 0.208. The number of carbonyl (C=O) groups is 2. The smallest absolute Gasteiger partial charge is 0.274 e. The fourth-order valence-electron chi connectivity index (χ4n) is 2.95. The van der Waals surface area contributed by atoms with E-state index < -0.39 is 0 Å². The number of pyridine rings is 1. The predicted molar refractivity (Wildman–Crippen MR) is 115 cm³/mol. The van der Waals surface area contributed by atoms with Gasteiger partial charge < -0.3 is 10.6 Å². The molecule has 5 nitrogen and oxygen atoms in total. The Bertz CT molecular complexity index is 1000. The summed E-state index contributed by atoms with van der Waals surface area (Å²) in [4.78, 5) is 29.0. The highest BCUT2D eigenvalue weighted by atomic mass is 16.2. The van der Waals surface area contributed by atoms with Gasteiger partial charge in [-0.2, -0.15) is 0 Å². The molecule has 1 heterocycles. The van der Waals surface area contributed by atoms with Crippen LogP contribution in [0.25, 0.3) is 0 Å². The highest BCUT2D eigenvalue weighted by molar-refractivity contribution is 6.04. The van der Waals surface area contributed by atoms with E-state index in [0.29, 0.717) is 17.8 Å². The van der Waals surface area contributed by atoms with Gasteiger partial charge in [-0.3, -0.25) is 14.6 Å². The van der Waals surface area contributed by atoms with E-state index in [2.05, 4.69) is 27.8 Å². The van der Waals surface area contributed by atoms with E-state index in [9.17, 15) is 9.59 Å². The van der Waals surface area contributed by atoms with Gasteiger partial charge in [0, 0.05) is 24.0 Å². The number of benzene rings is 2. The number of rotatable bonds is 7. The Hall–Kier alpha value is -3.47. The van der Waals surface area contributed by atoms with Crippen LogP contribution in [-0.4, -0.2) is 23.3 Å². The molecule has 29 heavy (non-hydrogen) atoms. The number of nitrogens with zero attached hydrogens (tertiary/aromatic N) is 1. The van der Waals surface area contributed by atoms with Crippen molar-refractivity contribution < 1.29 is 9.59 Å². The number of nitrogens with one attached hydrogen (secondary N) is 2. The summed E-state index contributed by atoms with van der Waals surface area (Å²) in [6.07, 6.45) is 3.23. The molecule has 0 aliphatic carbocycles. The molecular weight excluding hydrogens is 362 g/mol. The van der Waals surface area contributed by atoms with Crippen LogP contribution in [0.15, 0.2) is 66.9 Å². The van der Waals surface area contributed by atoms with Crippen LogP contribution < -0.4 is 10.6 Å². The average Bonchev–Trinajstić information content (AvgIpc) is 2.74. The van der Waals surface area contributed by atoms with Crippen molar-refractivity contribution in [2.75, 3.05) is 11.9 Å². The standard InChI is InChI=1S/C24H25N3O2/c1-17-10-11-21(15-18(17)2)27-24(29)22-16-20(12-14-25-22)23(28)26-13-6-9-19-7-4-3-5-8-19/h3-5,7-8,10-12,14-16H,6,9,13H2,1-2H3,(H,26,28)(H,27,29). The number of anilines is 1. The van der Waals surface area contributed by atoms with Gasteiger partial charge in [0.1, 0.15) is 5.69 Å². The molecule has 0 bridgehead atoms. The first-order chi connectivity index (χ1) is 14.0. The monoisotopic (exact) mass is 387 g/mol. The molecule has 2 aromatic carbocycles. The van der Waals surface area contributed by atoms with E-state index in [1.165, 1.54) is 17.8 Å². The molecule has 3 aromatic rings. The Kier molecular flexibility index (Phi) is 6.74. The molecule has 148 valence electrons. The zero-order valence-corrected chi connectivity index (χ0v) is 16.7. The number of aromatic nitrogens is 1. The van der Waals surface area contributed by atoms with E-state index in [1.807, 2.05) is 50.2 Å². The SMILES string of the molecule is Cc1ccc(NC(=O)c2cc(C(=O)NCCCc3ccccc3)ccn2)cc1C. The zero-order valence-electron chi connectivity index (χ0n) is 16.7. The van der Waals surface area contributed by atoms with Gasteiger partial charge >= 0.3 is 0 Å². The quantitative estimate of drug-likeness (QED) is 0.593. The van der Waals surface area contributed by atoms with E-state index in [0.717, 1.165) is 24.0 Å². The molecule has 0 saturated heterocycles. The van der Waals surface area contributed by atoms with Crippen LogP contribution in [0.1, 0.15) is 44.0 Å². The van der Waals surface area contributed by atoms with E-state index in [-0.39, 0.29) is 17.5 Å². The van der Waals surface area contributed by atoms with Crippen LogP contribution >= 0.6 is 0 Å². The van der Waals surface area contributed by atoms with Gasteiger partial charge in [-0.05, 0) is 67.6 Å². The molecule has 0 fully saturated rings. The summed E-state index contributed by atoms with van der Waals surface area (Å²) in [6.45, 7) is 4.58. The normalized spacial score (nSPS) is 10.4. The zero-order chi connectivity index (χ0) is 20.6. The third-order valence-corrected chi connectivity index (χ3v) is 4.79. The summed E-state index contributed by atoms with van der Waals surface area (Å²) in [5.74, 6) is -0.548. The Labute approximate surface area is 171 Å². The third kappa shape index (κ3) is 5.75. The number of hydrogen-bond donors (Lipinski definition) is 2. The summed E-state index contributed by atoms with van der Waals surface area (Å²) in [5.41, 5.74) is 4.84. The highest BCUT2D eigenvalue weighted by Crippen LogP contribution is 2.15. The number of hydrogen-bond acceptors (Lipinski definition) is 3. The number of amides is 2. The Balaban J connectivity index is 1.55. The molecule has 1 aromatic heterocycles. The van der Waals surface area contributed by atoms with Crippen molar-refractivity contribution in [1.29, 1.82) is 0 Å². The van der Waals surface area contributed by atoms with E-state index >= 15 is 0 Å². The van der Waals surface area contributed by atoms with Crippen LogP contribution in [0, 0.1) is 13.8 Å². The summed E-state index contributed by atoms with van der Waals surface area (Å²) >= 11 is 0. The number of aryl methyl sites for hydroxylation is 3. The van der Waals surface area contributed by atoms with Crippen LogP contribution in [0.5, 0.6) is 0 Å². The lowest BCUT2D eigenvalue weighted by Gasteiger charge is -2.09. The van der Waals surface area contributed by atoms with Gasteiger partial charge in [0.25, 0.3) is 11.8 Å². The first kappa shape index (κ1) is 20.3. The van der Waals surface area contributed by atoms with E-state index in [4.69, 9.17) is 0 Å². The molecule has 2 N–H and O–H groups in total. The molecule has 0 aliphatic heterocycles. The number of carbonyl (C=O) groups excluding carboxylic acids is 2. The maximum Gasteiger partial charge on any atom is 0.274 e. The molecule has 0 radical (unpaired) electrons. The van der Waals surface area contributed by atoms with Gasteiger partial charge in [-0.1, -0.05) is 36.4 Å². The largest absolute Gasteiger partial charge is 0.352 e. The van der Waals surface area contributed by atoms with Crippen LogP contribution in [0.4, 0.5) is 5.69 Å². The second-order valence-corrected chi connectivity index (χ2v) is 7.03. The molecule has 0 unspecified atom stereocenters. The van der Waals surface area contributed by atoms with Crippen molar-refractivity contribution in [3.05, 3.63) is 94.8 Å². The second kappa shape index (κ2) is 9.64. The maximum absolute atomic E-state index is 12.5. The second-order valence-electron chi connectivity index (χ2n) is 7.03. The molecule has 0 saturated carbocycles. The lowest BCUT2D eigenvalue weighted by atomic mass is 10.1. The van der Waals surface area contributed by atoms with Crippen molar-refractivity contribution in [1.82, 2.24) is 10.3 Å². The topological polar surface area (TPSA) is 71.1 Å². The van der Waals surface area contributed by atoms with Crippen molar-refractivity contribution in [3.63, 3.8) is 0 Å². The Morgan fingerprint density at radius 2 is 1.69 bits per heavy atom. The van der Waals surface area contributed by atoms with Crippen LogP contribution in [-0.2, 0) is 6.42 Å². The van der Waals surface area contributed by atoms with Crippen molar-refractivity contribution >= 4 is 17.5 Å². The van der Waals surface area contributed by atoms with Gasteiger partial charge in [-0.15, -0.1) is 0 Å². The van der Waals surface area contributed by atoms with Crippen molar-refractivity contribution in [3.8, 4) is 0 Å². The molecule has 5 heteroatoms. The Morgan fingerprint density at radius 1 is 0.897 bits per heavy atom. The van der Waals surface area contributed by atoms with Gasteiger partial charge in [0.2, 0.25) is 0 Å². The van der Waals surface area contributed by atoms with E-state index in [1.54, 1.807) is 6.07 Å². The molecule has 0 atom stereocenters. The van der Waals surface area contributed by atoms with Gasteiger partial charge in [-0.25, -0.2) is 0 Å². The van der Waals surface area contributed by atoms with Gasteiger partial charge in [0.15, 0.2) is 0 Å². The van der Waals surface area contributed by atoms with Crippen molar-refractivity contribution in [2.45, 2.75) is 26.7 Å². The highest BCUT2D eigenvalue weighted by Gasteiger charge is 2.12. The van der Waals surface area contributed by atoms with Crippen molar-refractivity contribution in [2.24, 2.45) is 0 Å². The minimum atomic E-state index is -0.341. The summed E-state index contributed by atoms with van der Waals surface area (Å²) in [6, 6.07) is 19.0. The predicted octanol–water partition coefficient (Wildman–Crippen LogP) is 4.31. The molecule has 2 amide bonds. The molecule has 3 rings (SSSR count). The average molecular weight is 387 g/mol. The fraction of sp³-hybridized carbons (Fsp3) is 0.208. The minimum Gasteiger partial charge on any atom is -0.352 e. The summed E-state index contributed by atoms with van der Waals surface area (Å²) < 4.78 is 0. The van der Waals surface area contributed by atoms with Gasteiger partial charge in [0.05, 0.1) is 0 Å².